The third-order valence-corrected chi connectivity index (χ3v) is 3.42. The highest BCUT2D eigenvalue weighted by Gasteiger charge is 2.40. The molecule has 0 bridgehead atoms. The number of aliphatic hydroxyl groups is 1. The number of phenols is 1. The first-order valence-corrected chi connectivity index (χ1v) is 5.81. The molecule has 0 radical (unpaired) electrons. The van der Waals surface area contributed by atoms with Crippen LogP contribution in [0.1, 0.15) is 11.6 Å². The first-order valence-electron chi connectivity index (χ1n) is 4.22. The van der Waals surface area contributed by atoms with Gasteiger partial charge in [0.2, 0.25) is 0 Å². The van der Waals surface area contributed by atoms with Gasteiger partial charge in [0.05, 0.1) is 4.47 Å². The van der Waals surface area contributed by atoms with E-state index in [4.69, 9.17) is 10.8 Å². The lowest BCUT2D eigenvalue weighted by Crippen LogP contribution is -2.36. The lowest BCUT2D eigenvalue weighted by atomic mass is 10.0. The number of aromatic hydroxyl groups is 1. The van der Waals surface area contributed by atoms with Gasteiger partial charge in [0.25, 0.3) is 5.92 Å². The van der Waals surface area contributed by atoms with Crippen LogP contribution in [0.3, 0.4) is 0 Å². The fourth-order valence-electron chi connectivity index (χ4n) is 1.16. The Hall–Kier alpha value is 0.0500. The average Bonchev–Trinajstić information content (AvgIpc) is 2.24. The molecule has 0 saturated carbocycles. The Bertz CT molecular complexity index is 407. The monoisotopic (exact) mass is 395 g/mol. The van der Waals surface area contributed by atoms with Crippen LogP contribution in [0.4, 0.5) is 8.78 Å². The summed E-state index contributed by atoms with van der Waals surface area (Å²) >= 11 is 6.03. The number of aliphatic hydroxyl groups excluding tert-OH is 1. The first-order chi connectivity index (χ1) is 7.31. The van der Waals surface area contributed by atoms with E-state index in [1.54, 1.807) is 0 Å². The molecule has 8 heteroatoms. The highest BCUT2D eigenvalue weighted by Crippen LogP contribution is 2.41. The Morgan fingerprint density at radius 3 is 2.24 bits per heavy atom. The van der Waals surface area contributed by atoms with Crippen LogP contribution >= 0.6 is 44.3 Å². The van der Waals surface area contributed by atoms with Gasteiger partial charge in [0.1, 0.15) is 18.4 Å². The van der Waals surface area contributed by atoms with Crippen molar-refractivity contribution < 1.29 is 19.0 Å². The van der Waals surface area contributed by atoms with Crippen LogP contribution in [0.25, 0.3) is 0 Å². The number of phenolic OH excluding ortho intramolecular Hbond substituents is 1. The van der Waals surface area contributed by atoms with Crippen molar-refractivity contribution >= 4 is 44.3 Å². The van der Waals surface area contributed by atoms with Crippen molar-refractivity contribution in [3.8, 4) is 5.75 Å². The van der Waals surface area contributed by atoms with Gasteiger partial charge in [-0.05, 0) is 28.1 Å². The van der Waals surface area contributed by atoms with Gasteiger partial charge in [-0.1, -0.05) is 15.9 Å². The van der Waals surface area contributed by atoms with Crippen LogP contribution in [-0.4, -0.2) is 22.7 Å². The smallest absolute Gasteiger partial charge is 0.289 e. The largest absolute Gasteiger partial charge is 0.506 e. The SMILES string of the molecule is Cl.N[C@@H](c1c(Br)ccc(Br)c1O)C(F)(F)CO. The van der Waals surface area contributed by atoms with Crippen LogP contribution < -0.4 is 5.73 Å². The van der Waals surface area contributed by atoms with Crippen molar-refractivity contribution in [2.24, 2.45) is 5.73 Å². The van der Waals surface area contributed by atoms with E-state index in [1.807, 2.05) is 0 Å². The van der Waals surface area contributed by atoms with E-state index in [0.717, 1.165) is 0 Å². The minimum Gasteiger partial charge on any atom is -0.506 e. The van der Waals surface area contributed by atoms with Crippen molar-refractivity contribution in [1.82, 2.24) is 0 Å². The summed E-state index contributed by atoms with van der Waals surface area (Å²) in [6.07, 6.45) is 0. The van der Waals surface area contributed by atoms with Gasteiger partial charge in [0, 0.05) is 10.0 Å². The molecule has 0 fully saturated rings. The van der Waals surface area contributed by atoms with Crippen LogP contribution in [0.2, 0.25) is 0 Å². The Kier molecular flexibility index (Phi) is 6.30. The lowest BCUT2D eigenvalue weighted by Gasteiger charge is -2.23. The predicted molar refractivity (Wildman–Crippen MR) is 69.7 cm³/mol. The molecule has 0 aliphatic carbocycles. The fourth-order valence-corrected chi connectivity index (χ4v) is 2.07. The molecule has 98 valence electrons. The summed E-state index contributed by atoms with van der Waals surface area (Å²) < 4.78 is 26.9. The van der Waals surface area contributed by atoms with E-state index in [0.29, 0.717) is 0 Å². The molecule has 1 rings (SSSR count). The van der Waals surface area contributed by atoms with Crippen LogP contribution in [0.15, 0.2) is 21.1 Å². The number of hydrogen-bond donors (Lipinski definition) is 3. The maximum absolute atomic E-state index is 13.2. The van der Waals surface area contributed by atoms with Crippen LogP contribution in [-0.2, 0) is 0 Å². The zero-order valence-electron chi connectivity index (χ0n) is 8.33. The summed E-state index contributed by atoms with van der Waals surface area (Å²) in [5, 5.41) is 18.2. The zero-order valence-corrected chi connectivity index (χ0v) is 12.3. The first kappa shape index (κ1) is 17.1. The standard InChI is InChI=1S/C9H9Br2F2NO2.ClH/c10-4-1-2-5(11)7(16)6(4)8(14)9(12,13)3-15;/h1-2,8,15-16H,3,14H2;1H/t8-;/m0./s1. The summed E-state index contributed by atoms with van der Waals surface area (Å²) in [6, 6.07) is 1.18. The molecule has 1 aromatic carbocycles. The summed E-state index contributed by atoms with van der Waals surface area (Å²) in [5.41, 5.74) is 5.19. The molecule has 0 unspecified atom stereocenters. The van der Waals surface area contributed by atoms with Gasteiger partial charge in [0.15, 0.2) is 0 Å². The molecular formula is C9H10Br2ClF2NO2. The molecule has 0 aliphatic rings. The Balaban J connectivity index is 0.00000256. The van der Waals surface area contributed by atoms with Gasteiger partial charge >= 0.3 is 0 Å². The predicted octanol–water partition coefficient (Wildman–Crippen LogP) is 2.97. The van der Waals surface area contributed by atoms with E-state index in [-0.39, 0.29) is 32.7 Å². The number of hydrogen-bond acceptors (Lipinski definition) is 3. The van der Waals surface area contributed by atoms with Crippen molar-refractivity contribution in [3.63, 3.8) is 0 Å². The fraction of sp³-hybridized carbons (Fsp3) is 0.333. The van der Waals surface area contributed by atoms with Crippen LogP contribution in [0, 0.1) is 0 Å². The Labute approximate surface area is 120 Å². The van der Waals surface area contributed by atoms with Gasteiger partial charge in [-0.25, -0.2) is 8.78 Å². The molecule has 0 heterocycles. The summed E-state index contributed by atoms with van der Waals surface area (Å²) in [4.78, 5) is 0. The topological polar surface area (TPSA) is 66.5 Å². The zero-order chi connectivity index (χ0) is 12.5. The Morgan fingerprint density at radius 1 is 1.29 bits per heavy atom. The normalized spacial score (nSPS) is 13.1. The minimum absolute atomic E-state index is 0. The molecule has 0 amide bonds. The highest BCUT2D eigenvalue weighted by molar-refractivity contribution is 9.11. The van der Waals surface area contributed by atoms with E-state index in [9.17, 15) is 13.9 Å². The van der Waals surface area contributed by atoms with Crippen molar-refractivity contribution in [2.75, 3.05) is 6.61 Å². The Morgan fingerprint density at radius 2 is 1.76 bits per heavy atom. The molecule has 0 spiro atoms. The number of halogens is 5. The second kappa shape index (κ2) is 6.29. The number of alkyl halides is 2. The van der Waals surface area contributed by atoms with Crippen LogP contribution in [0.5, 0.6) is 5.75 Å². The number of nitrogens with two attached hydrogens (primary N) is 1. The molecule has 0 aromatic heterocycles. The third kappa shape index (κ3) is 3.51. The maximum atomic E-state index is 13.2. The van der Waals surface area contributed by atoms with Gasteiger partial charge in [-0.15, -0.1) is 12.4 Å². The minimum atomic E-state index is -3.50. The number of benzene rings is 1. The summed E-state index contributed by atoms with van der Waals surface area (Å²) in [5.74, 6) is -3.86. The molecular weight excluding hydrogens is 387 g/mol. The van der Waals surface area contributed by atoms with E-state index >= 15 is 0 Å². The quantitative estimate of drug-likeness (QED) is 0.735. The van der Waals surface area contributed by atoms with Gasteiger partial charge in [-0.3, -0.25) is 0 Å². The molecule has 0 saturated heterocycles. The summed E-state index contributed by atoms with van der Waals surface area (Å²) in [6.45, 7) is -1.38. The van der Waals surface area contributed by atoms with Gasteiger partial charge in [-0.2, -0.15) is 0 Å². The molecule has 0 aliphatic heterocycles. The summed E-state index contributed by atoms with van der Waals surface area (Å²) in [7, 11) is 0. The van der Waals surface area contributed by atoms with Crippen molar-refractivity contribution in [2.45, 2.75) is 12.0 Å². The molecule has 1 atom stereocenters. The number of rotatable bonds is 3. The van der Waals surface area contributed by atoms with E-state index in [2.05, 4.69) is 31.9 Å². The van der Waals surface area contributed by atoms with Crippen molar-refractivity contribution in [3.05, 3.63) is 26.6 Å². The third-order valence-electron chi connectivity index (χ3n) is 2.09. The molecule has 4 N–H and O–H groups in total. The van der Waals surface area contributed by atoms with E-state index < -0.39 is 18.6 Å². The maximum Gasteiger partial charge on any atom is 0.289 e. The van der Waals surface area contributed by atoms with Gasteiger partial charge < -0.3 is 15.9 Å². The second-order valence-electron chi connectivity index (χ2n) is 3.19. The van der Waals surface area contributed by atoms with E-state index in [1.165, 1.54) is 12.1 Å². The molecule has 1 aromatic rings. The average molecular weight is 397 g/mol. The van der Waals surface area contributed by atoms with Crippen molar-refractivity contribution in [1.29, 1.82) is 0 Å². The second-order valence-corrected chi connectivity index (χ2v) is 4.90. The molecule has 17 heavy (non-hydrogen) atoms. The lowest BCUT2D eigenvalue weighted by molar-refractivity contribution is -0.0717. The highest BCUT2D eigenvalue weighted by atomic mass is 79.9. The molecule has 3 nitrogen and oxygen atoms in total.